The van der Waals surface area contributed by atoms with E-state index in [1.807, 2.05) is 25.7 Å². The zero-order valence-electron chi connectivity index (χ0n) is 12.8. The van der Waals surface area contributed by atoms with E-state index in [4.69, 9.17) is 9.47 Å². The standard InChI is InChI=1S/C14H30N2O3/c1-14(2,3)19-13(17)16(9-10-18-4)11-12-5-7-15-8-6-12/h12-13,15,17H,5-11H2,1-4H3. The maximum absolute atomic E-state index is 10.2. The molecule has 1 rings (SSSR count). The summed E-state index contributed by atoms with van der Waals surface area (Å²) in [7, 11) is 1.68. The highest BCUT2D eigenvalue weighted by molar-refractivity contribution is 4.73. The van der Waals surface area contributed by atoms with Crippen LogP contribution in [0.25, 0.3) is 0 Å². The number of ether oxygens (including phenoxy) is 2. The summed E-state index contributed by atoms with van der Waals surface area (Å²) in [6.07, 6.45) is 1.46. The molecule has 0 saturated carbocycles. The van der Waals surface area contributed by atoms with Gasteiger partial charge in [0.25, 0.3) is 0 Å². The minimum absolute atomic E-state index is 0.348. The minimum atomic E-state index is -0.856. The van der Waals surface area contributed by atoms with Gasteiger partial charge in [-0.15, -0.1) is 0 Å². The van der Waals surface area contributed by atoms with E-state index in [0.29, 0.717) is 19.1 Å². The molecular weight excluding hydrogens is 244 g/mol. The Balaban J connectivity index is 2.49. The van der Waals surface area contributed by atoms with E-state index >= 15 is 0 Å². The number of aliphatic hydroxyl groups is 1. The van der Waals surface area contributed by atoms with Gasteiger partial charge in [0.1, 0.15) is 0 Å². The molecular formula is C14H30N2O3. The van der Waals surface area contributed by atoms with E-state index < -0.39 is 6.41 Å². The maximum Gasteiger partial charge on any atom is 0.216 e. The van der Waals surface area contributed by atoms with Gasteiger partial charge in [-0.1, -0.05) is 0 Å². The van der Waals surface area contributed by atoms with Crippen molar-refractivity contribution in [3.05, 3.63) is 0 Å². The van der Waals surface area contributed by atoms with Crippen LogP contribution >= 0.6 is 0 Å². The van der Waals surface area contributed by atoms with Crippen LogP contribution in [0, 0.1) is 5.92 Å². The summed E-state index contributed by atoms with van der Waals surface area (Å²) in [6.45, 7) is 10.2. The van der Waals surface area contributed by atoms with Crippen LogP contribution < -0.4 is 5.32 Å². The number of nitrogens with zero attached hydrogens (tertiary/aromatic N) is 1. The van der Waals surface area contributed by atoms with Crippen LogP contribution in [-0.2, 0) is 9.47 Å². The van der Waals surface area contributed by atoms with E-state index in [1.165, 1.54) is 0 Å². The summed E-state index contributed by atoms with van der Waals surface area (Å²) in [5.41, 5.74) is -0.348. The number of methoxy groups -OCH3 is 1. The van der Waals surface area contributed by atoms with Crippen molar-refractivity contribution in [2.24, 2.45) is 5.92 Å². The first-order valence-corrected chi connectivity index (χ1v) is 7.22. The molecule has 1 atom stereocenters. The predicted octanol–water partition coefficient (Wildman–Crippen LogP) is 1.03. The Morgan fingerprint density at radius 1 is 1.32 bits per heavy atom. The van der Waals surface area contributed by atoms with Crippen molar-refractivity contribution < 1.29 is 14.6 Å². The second-order valence-electron chi connectivity index (χ2n) is 6.24. The average Bonchev–Trinajstić information content (AvgIpc) is 2.33. The largest absolute Gasteiger partial charge is 0.383 e. The molecule has 1 saturated heterocycles. The summed E-state index contributed by atoms with van der Waals surface area (Å²) in [4.78, 5) is 1.98. The molecule has 0 aromatic carbocycles. The molecule has 0 aromatic rings. The van der Waals surface area contributed by atoms with E-state index in [-0.39, 0.29) is 5.60 Å². The highest BCUT2D eigenvalue weighted by Crippen LogP contribution is 2.17. The van der Waals surface area contributed by atoms with Gasteiger partial charge in [0, 0.05) is 20.2 Å². The molecule has 1 fully saturated rings. The number of piperidine rings is 1. The molecule has 5 nitrogen and oxygen atoms in total. The summed E-state index contributed by atoms with van der Waals surface area (Å²) >= 11 is 0. The van der Waals surface area contributed by atoms with Crippen LogP contribution in [0.1, 0.15) is 33.6 Å². The fraction of sp³-hybridized carbons (Fsp3) is 1.00. The molecule has 0 aromatic heterocycles. The molecule has 1 aliphatic heterocycles. The Morgan fingerprint density at radius 2 is 1.95 bits per heavy atom. The topological polar surface area (TPSA) is 54.0 Å². The normalized spacial score (nSPS) is 19.9. The molecule has 1 unspecified atom stereocenters. The van der Waals surface area contributed by atoms with E-state index in [2.05, 4.69) is 5.32 Å². The van der Waals surface area contributed by atoms with Gasteiger partial charge >= 0.3 is 0 Å². The highest BCUT2D eigenvalue weighted by atomic mass is 16.6. The lowest BCUT2D eigenvalue weighted by atomic mass is 9.97. The van der Waals surface area contributed by atoms with Crippen molar-refractivity contribution in [3.63, 3.8) is 0 Å². The van der Waals surface area contributed by atoms with E-state index in [9.17, 15) is 5.11 Å². The molecule has 114 valence electrons. The van der Waals surface area contributed by atoms with Gasteiger partial charge in [-0.25, -0.2) is 0 Å². The van der Waals surface area contributed by atoms with Crippen molar-refractivity contribution in [2.45, 2.75) is 45.6 Å². The highest BCUT2D eigenvalue weighted by Gasteiger charge is 2.25. The summed E-state index contributed by atoms with van der Waals surface area (Å²) in [5.74, 6) is 0.622. The molecule has 0 radical (unpaired) electrons. The van der Waals surface area contributed by atoms with Crippen molar-refractivity contribution in [3.8, 4) is 0 Å². The van der Waals surface area contributed by atoms with E-state index in [1.54, 1.807) is 7.11 Å². The predicted molar refractivity (Wildman–Crippen MR) is 75.9 cm³/mol. The van der Waals surface area contributed by atoms with Crippen molar-refractivity contribution >= 4 is 0 Å². The molecule has 2 N–H and O–H groups in total. The van der Waals surface area contributed by atoms with Gasteiger partial charge in [0.2, 0.25) is 6.41 Å². The van der Waals surface area contributed by atoms with Crippen LogP contribution in [0.15, 0.2) is 0 Å². The van der Waals surface area contributed by atoms with Crippen LogP contribution in [-0.4, -0.2) is 61.9 Å². The Labute approximate surface area is 117 Å². The summed E-state index contributed by atoms with van der Waals surface area (Å²) < 4.78 is 10.8. The SMILES string of the molecule is COCCN(CC1CCNCC1)C(O)OC(C)(C)C. The Morgan fingerprint density at radius 3 is 2.47 bits per heavy atom. The second-order valence-corrected chi connectivity index (χ2v) is 6.24. The van der Waals surface area contributed by atoms with Crippen LogP contribution in [0.5, 0.6) is 0 Å². The van der Waals surface area contributed by atoms with Crippen molar-refractivity contribution in [2.75, 3.05) is 39.9 Å². The number of hydrogen-bond acceptors (Lipinski definition) is 5. The fourth-order valence-electron chi connectivity index (χ4n) is 2.29. The molecule has 19 heavy (non-hydrogen) atoms. The third kappa shape index (κ3) is 7.22. The van der Waals surface area contributed by atoms with Gasteiger partial charge in [-0.05, 0) is 52.6 Å². The summed E-state index contributed by atoms with van der Waals surface area (Å²) in [6, 6.07) is 0. The van der Waals surface area contributed by atoms with Crippen molar-refractivity contribution in [1.82, 2.24) is 10.2 Å². The zero-order chi connectivity index (χ0) is 14.3. The molecule has 0 spiro atoms. The van der Waals surface area contributed by atoms with Crippen LogP contribution in [0.2, 0.25) is 0 Å². The average molecular weight is 274 g/mol. The molecule has 0 bridgehead atoms. The maximum atomic E-state index is 10.2. The second kappa shape index (κ2) is 8.17. The van der Waals surface area contributed by atoms with E-state index in [0.717, 1.165) is 32.5 Å². The molecule has 5 heteroatoms. The van der Waals surface area contributed by atoms with Gasteiger partial charge in [0.05, 0.1) is 12.2 Å². The fourth-order valence-corrected chi connectivity index (χ4v) is 2.29. The van der Waals surface area contributed by atoms with Gasteiger partial charge in [-0.2, -0.15) is 0 Å². The molecule has 0 aliphatic carbocycles. The quantitative estimate of drug-likeness (QED) is 0.679. The lowest BCUT2D eigenvalue weighted by molar-refractivity contribution is -0.243. The molecule has 0 amide bonds. The summed E-state index contributed by atoms with van der Waals surface area (Å²) in [5, 5.41) is 13.6. The van der Waals surface area contributed by atoms with Crippen LogP contribution in [0.4, 0.5) is 0 Å². The first-order valence-electron chi connectivity index (χ1n) is 7.22. The lowest BCUT2D eigenvalue weighted by Gasteiger charge is -2.35. The Kier molecular flexibility index (Phi) is 7.25. The first kappa shape index (κ1) is 16.9. The number of nitrogens with one attached hydrogen (secondary N) is 1. The number of aliphatic hydroxyl groups excluding tert-OH is 1. The lowest BCUT2D eigenvalue weighted by Crippen LogP contribution is -2.46. The zero-order valence-corrected chi connectivity index (χ0v) is 12.8. The van der Waals surface area contributed by atoms with Gasteiger partial charge in [0.15, 0.2) is 0 Å². The minimum Gasteiger partial charge on any atom is -0.383 e. The van der Waals surface area contributed by atoms with Gasteiger partial charge in [-0.3, -0.25) is 4.90 Å². The molecule has 1 aliphatic rings. The Hall–Kier alpha value is -0.200. The Bertz CT molecular complexity index is 237. The monoisotopic (exact) mass is 274 g/mol. The number of hydrogen-bond donors (Lipinski definition) is 2. The van der Waals surface area contributed by atoms with Crippen LogP contribution in [0.3, 0.4) is 0 Å². The number of rotatable bonds is 7. The smallest absolute Gasteiger partial charge is 0.216 e. The third-order valence-electron chi connectivity index (χ3n) is 3.31. The van der Waals surface area contributed by atoms with Crippen molar-refractivity contribution in [1.29, 1.82) is 0 Å². The third-order valence-corrected chi connectivity index (χ3v) is 3.31. The van der Waals surface area contributed by atoms with Gasteiger partial charge < -0.3 is 19.9 Å². The first-order chi connectivity index (χ1) is 8.92. The molecule has 1 heterocycles.